The molecule has 1 amide bonds. The maximum absolute atomic E-state index is 12.1. The number of thioether (sulfide) groups is 1. The van der Waals surface area contributed by atoms with E-state index in [9.17, 15) is 4.79 Å². The van der Waals surface area contributed by atoms with Crippen LogP contribution in [0.25, 0.3) is 0 Å². The van der Waals surface area contributed by atoms with E-state index >= 15 is 0 Å². The largest absolute Gasteiger partial charge is 0.480 e. The first-order valence-electron chi connectivity index (χ1n) is 6.28. The fraction of sp³-hybridized carbons (Fsp3) is 0.308. The van der Waals surface area contributed by atoms with Crippen molar-refractivity contribution >= 4 is 34.1 Å². The Morgan fingerprint density at radius 1 is 1.50 bits per heavy atom. The third-order valence-electron chi connectivity index (χ3n) is 2.84. The molecule has 1 aliphatic heterocycles. The highest BCUT2D eigenvalue weighted by atomic mass is 32.2. The number of nitrogens with one attached hydrogen (secondary N) is 1. The van der Waals surface area contributed by atoms with Gasteiger partial charge >= 0.3 is 0 Å². The molecule has 5 nitrogen and oxygen atoms in total. The van der Waals surface area contributed by atoms with Gasteiger partial charge in [-0.15, -0.1) is 10.2 Å². The summed E-state index contributed by atoms with van der Waals surface area (Å²) < 4.78 is 6.49. The molecule has 2 aromatic rings. The minimum Gasteiger partial charge on any atom is -0.480 e. The van der Waals surface area contributed by atoms with Crippen LogP contribution in [0.15, 0.2) is 28.6 Å². The van der Waals surface area contributed by atoms with Gasteiger partial charge in [-0.2, -0.15) is 0 Å². The van der Waals surface area contributed by atoms with Crippen LogP contribution in [0.5, 0.6) is 5.75 Å². The van der Waals surface area contributed by atoms with Crippen molar-refractivity contribution in [2.75, 3.05) is 11.1 Å². The van der Waals surface area contributed by atoms with Crippen molar-refractivity contribution < 1.29 is 9.53 Å². The summed E-state index contributed by atoms with van der Waals surface area (Å²) in [4.78, 5) is 12.1. The molecule has 104 valence electrons. The molecule has 0 aliphatic carbocycles. The van der Waals surface area contributed by atoms with Gasteiger partial charge < -0.3 is 4.74 Å². The third-order valence-corrected chi connectivity index (χ3v) is 4.70. The Labute approximate surface area is 124 Å². The number of aromatic nitrogens is 2. The van der Waals surface area contributed by atoms with Gasteiger partial charge in [-0.05, 0) is 17.4 Å². The quantitative estimate of drug-likeness (QED) is 0.695. The van der Waals surface area contributed by atoms with E-state index in [0.717, 1.165) is 21.4 Å². The SMILES string of the molecule is CCSc1nnc(NC(=O)[C@@H]2Cc3ccccc3O2)s1. The maximum Gasteiger partial charge on any atom is 0.267 e. The topological polar surface area (TPSA) is 64.1 Å². The summed E-state index contributed by atoms with van der Waals surface area (Å²) >= 11 is 2.99. The van der Waals surface area contributed by atoms with E-state index in [2.05, 4.69) is 15.5 Å². The van der Waals surface area contributed by atoms with Crippen molar-refractivity contribution in [1.82, 2.24) is 10.2 Å². The Hall–Kier alpha value is -1.60. The first-order chi connectivity index (χ1) is 9.76. The van der Waals surface area contributed by atoms with Crippen LogP contribution >= 0.6 is 23.1 Å². The number of ether oxygens (including phenoxy) is 1. The molecule has 0 saturated heterocycles. The van der Waals surface area contributed by atoms with Crippen LogP contribution in [-0.4, -0.2) is 28.0 Å². The highest BCUT2D eigenvalue weighted by molar-refractivity contribution is 8.01. The van der Waals surface area contributed by atoms with Crippen molar-refractivity contribution in [2.24, 2.45) is 0 Å². The van der Waals surface area contributed by atoms with Gasteiger partial charge in [-0.3, -0.25) is 10.1 Å². The van der Waals surface area contributed by atoms with Gasteiger partial charge in [0.05, 0.1) is 0 Å². The van der Waals surface area contributed by atoms with Gasteiger partial charge in [0, 0.05) is 6.42 Å². The summed E-state index contributed by atoms with van der Waals surface area (Å²) in [6.07, 6.45) is 0.107. The molecule has 7 heteroatoms. The number of carbonyl (C=O) groups excluding carboxylic acids is 1. The minimum atomic E-state index is -0.487. The Kier molecular flexibility index (Phi) is 3.88. The van der Waals surface area contributed by atoms with Crippen LogP contribution in [0.4, 0.5) is 5.13 Å². The monoisotopic (exact) mass is 307 g/mol. The third kappa shape index (κ3) is 2.78. The molecule has 0 unspecified atom stereocenters. The van der Waals surface area contributed by atoms with Gasteiger partial charge in [0.2, 0.25) is 5.13 Å². The number of para-hydroxylation sites is 1. The number of benzene rings is 1. The molecule has 1 aromatic heterocycles. The van der Waals surface area contributed by atoms with Crippen molar-refractivity contribution in [2.45, 2.75) is 23.8 Å². The van der Waals surface area contributed by atoms with E-state index < -0.39 is 6.10 Å². The number of rotatable bonds is 4. The van der Waals surface area contributed by atoms with E-state index in [1.165, 1.54) is 11.3 Å². The molecule has 3 rings (SSSR count). The van der Waals surface area contributed by atoms with Crippen molar-refractivity contribution in [3.05, 3.63) is 29.8 Å². The summed E-state index contributed by atoms with van der Waals surface area (Å²) in [6, 6.07) is 7.70. The zero-order valence-corrected chi connectivity index (χ0v) is 12.5. The maximum atomic E-state index is 12.1. The first kappa shape index (κ1) is 13.4. The molecular formula is C13H13N3O2S2. The molecular weight excluding hydrogens is 294 g/mol. The van der Waals surface area contributed by atoms with E-state index in [1.54, 1.807) is 11.8 Å². The molecule has 0 bridgehead atoms. The summed E-state index contributed by atoms with van der Waals surface area (Å²) in [5, 5.41) is 11.2. The first-order valence-corrected chi connectivity index (χ1v) is 8.08. The lowest BCUT2D eigenvalue weighted by Crippen LogP contribution is -2.31. The highest BCUT2D eigenvalue weighted by Crippen LogP contribution is 2.29. The number of fused-ring (bicyclic) bond motifs is 1. The van der Waals surface area contributed by atoms with E-state index in [4.69, 9.17) is 4.74 Å². The van der Waals surface area contributed by atoms with E-state index in [0.29, 0.717) is 11.6 Å². The average molecular weight is 307 g/mol. The Morgan fingerprint density at radius 2 is 2.35 bits per heavy atom. The number of carbonyl (C=O) groups is 1. The number of nitrogens with zero attached hydrogens (tertiary/aromatic N) is 2. The summed E-state index contributed by atoms with van der Waals surface area (Å²) in [5.41, 5.74) is 1.06. The van der Waals surface area contributed by atoms with Gasteiger partial charge in [0.1, 0.15) is 5.75 Å². The van der Waals surface area contributed by atoms with Crippen LogP contribution in [0.3, 0.4) is 0 Å². The molecule has 1 N–H and O–H groups in total. The standard InChI is InChI=1S/C13H13N3O2S2/c1-2-19-13-16-15-12(20-13)14-11(17)10-7-8-5-3-4-6-9(8)18-10/h3-6,10H,2,7H2,1H3,(H,14,15,17)/t10-/m0/s1. The number of hydrogen-bond donors (Lipinski definition) is 1. The highest BCUT2D eigenvalue weighted by Gasteiger charge is 2.29. The van der Waals surface area contributed by atoms with E-state index in [-0.39, 0.29) is 5.91 Å². The lowest BCUT2D eigenvalue weighted by atomic mass is 10.1. The predicted octanol–water partition coefficient (Wildman–Crippen LogP) is 2.59. The van der Waals surface area contributed by atoms with Crippen LogP contribution < -0.4 is 10.1 Å². The second-order valence-electron chi connectivity index (χ2n) is 4.21. The minimum absolute atomic E-state index is 0.176. The number of anilines is 1. The van der Waals surface area contributed by atoms with Crippen LogP contribution in [0, 0.1) is 0 Å². The number of amides is 1. The van der Waals surface area contributed by atoms with Crippen molar-refractivity contribution in [3.8, 4) is 5.75 Å². The molecule has 20 heavy (non-hydrogen) atoms. The second-order valence-corrected chi connectivity index (χ2v) is 6.70. The molecule has 0 spiro atoms. The molecule has 0 saturated carbocycles. The zero-order chi connectivity index (χ0) is 13.9. The van der Waals surface area contributed by atoms with Crippen molar-refractivity contribution in [3.63, 3.8) is 0 Å². The molecule has 1 atom stereocenters. The van der Waals surface area contributed by atoms with Crippen LogP contribution in [0.2, 0.25) is 0 Å². The molecule has 0 radical (unpaired) electrons. The smallest absolute Gasteiger partial charge is 0.267 e. The average Bonchev–Trinajstić information content (AvgIpc) is 3.05. The van der Waals surface area contributed by atoms with Crippen molar-refractivity contribution in [1.29, 1.82) is 0 Å². The second kappa shape index (κ2) is 5.80. The Balaban J connectivity index is 1.63. The van der Waals surface area contributed by atoms with Gasteiger partial charge in [-0.25, -0.2) is 0 Å². The van der Waals surface area contributed by atoms with Gasteiger partial charge in [0.15, 0.2) is 10.4 Å². The molecule has 1 aromatic carbocycles. The normalized spacial score (nSPS) is 16.6. The Morgan fingerprint density at radius 3 is 3.15 bits per heavy atom. The molecule has 1 aliphatic rings. The van der Waals surface area contributed by atoms with Gasteiger partial charge in [-0.1, -0.05) is 48.2 Å². The zero-order valence-electron chi connectivity index (χ0n) is 10.8. The molecule has 0 fully saturated rings. The fourth-order valence-corrected chi connectivity index (χ4v) is 3.61. The summed E-state index contributed by atoms with van der Waals surface area (Å²) in [6.45, 7) is 2.05. The molecule has 2 heterocycles. The fourth-order valence-electron chi connectivity index (χ4n) is 1.96. The predicted molar refractivity (Wildman–Crippen MR) is 79.5 cm³/mol. The lowest BCUT2D eigenvalue weighted by Gasteiger charge is -2.08. The lowest BCUT2D eigenvalue weighted by molar-refractivity contribution is -0.122. The van der Waals surface area contributed by atoms with Crippen LogP contribution in [0.1, 0.15) is 12.5 Å². The van der Waals surface area contributed by atoms with E-state index in [1.807, 2.05) is 31.2 Å². The van der Waals surface area contributed by atoms with Crippen LogP contribution in [-0.2, 0) is 11.2 Å². The van der Waals surface area contributed by atoms with Gasteiger partial charge in [0.25, 0.3) is 5.91 Å². The summed E-state index contributed by atoms with van der Waals surface area (Å²) in [5.74, 6) is 1.54. The Bertz CT molecular complexity index is 605. The summed E-state index contributed by atoms with van der Waals surface area (Å²) in [7, 11) is 0. The number of hydrogen-bond acceptors (Lipinski definition) is 6.